The highest BCUT2D eigenvalue weighted by molar-refractivity contribution is 4.96. The first kappa shape index (κ1) is 10.8. The Bertz CT molecular complexity index is 186. The van der Waals surface area contributed by atoms with Crippen LogP contribution in [-0.4, -0.2) is 62.3 Å². The third kappa shape index (κ3) is 1.69. The highest BCUT2D eigenvalue weighted by Gasteiger charge is 2.50. The van der Waals surface area contributed by atoms with Crippen LogP contribution in [0.2, 0.25) is 0 Å². The van der Waals surface area contributed by atoms with E-state index >= 15 is 0 Å². The lowest BCUT2D eigenvalue weighted by atomic mass is 9.89. The maximum Gasteiger partial charge on any atom is 0.184 e. The molecule has 0 radical (unpaired) electrons. The lowest BCUT2D eigenvalue weighted by Crippen LogP contribution is -2.64. The summed E-state index contributed by atoms with van der Waals surface area (Å²) in [6.07, 6.45) is -6.12. The Labute approximate surface area is 75.0 Å². The standard InChI is InChI=1S/C7H14O6/c1-7(2-8)5(11)3(9)4(10)6(12)13-7/h3-6,8-12H,2H2,1H3/t3-,4-,5+,6?,7-/m1/s1. The van der Waals surface area contributed by atoms with Crippen LogP contribution in [0.25, 0.3) is 0 Å². The van der Waals surface area contributed by atoms with E-state index in [-0.39, 0.29) is 0 Å². The molecule has 13 heavy (non-hydrogen) atoms. The summed E-state index contributed by atoms with van der Waals surface area (Å²) >= 11 is 0. The Morgan fingerprint density at radius 2 is 1.69 bits per heavy atom. The van der Waals surface area contributed by atoms with E-state index in [1.54, 1.807) is 0 Å². The van der Waals surface area contributed by atoms with E-state index in [1.807, 2.05) is 0 Å². The van der Waals surface area contributed by atoms with Crippen LogP contribution >= 0.6 is 0 Å². The van der Waals surface area contributed by atoms with Gasteiger partial charge in [-0.3, -0.25) is 0 Å². The van der Waals surface area contributed by atoms with Crippen molar-refractivity contribution in [1.82, 2.24) is 0 Å². The Kier molecular flexibility index (Phi) is 2.91. The normalized spacial score (nSPS) is 52.2. The highest BCUT2D eigenvalue weighted by Crippen LogP contribution is 2.28. The summed E-state index contributed by atoms with van der Waals surface area (Å²) in [6.45, 7) is 0.769. The topological polar surface area (TPSA) is 110 Å². The molecule has 0 aromatic heterocycles. The van der Waals surface area contributed by atoms with Crippen LogP contribution in [0.4, 0.5) is 0 Å². The van der Waals surface area contributed by atoms with E-state index in [9.17, 15) is 10.2 Å². The molecule has 0 saturated carbocycles. The van der Waals surface area contributed by atoms with Crippen molar-refractivity contribution < 1.29 is 30.3 Å². The molecule has 1 fully saturated rings. The van der Waals surface area contributed by atoms with Gasteiger partial charge in [-0.25, -0.2) is 0 Å². The molecule has 1 aliphatic heterocycles. The largest absolute Gasteiger partial charge is 0.393 e. The molecule has 5 N–H and O–H groups in total. The van der Waals surface area contributed by atoms with Gasteiger partial charge in [0.25, 0.3) is 0 Å². The minimum atomic E-state index is -1.60. The van der Waals surface area contributed by atoms with Crippen LogP contribution < -0.4 is 0 Å². The summed E-state index contributed by atoms with van der Waals surface area (Å²) in [7, 11) is 0. The average molecular weight is 194 g/mol. The third-order valence-corrected chi connectivity index (χ3v) is 2.30. The zero-order chi connectivity index (χ0) is 10.2. The number of rotatable bonds is 1. The van der Waals surface area contributed by atoms with E-state index in [4.69, 9.17) is 20.1 Å². The molecular weight excluding hydrogens is 180 g/mol. The molecule has 1 heterocycles. The third-order valence-electron chi connectivity index (χ3n) is 2.30. The fourth-order valence-electron chi connectivity index (χ4n) is 1.26. The van der Waals surface area contributed by atoms with Crippen molar-refractivity contribution >= 4 is 0 Å². The Hall–Kier alpha value is -0.240. The molecule has 1 aliphatic rings. The quantitative estimate of drug-likeness (QED) is 0.308. The van der Waals surface area contributed by atoms with Crippen LogP contribution in [0.5, 0.6) is 0 Å². The first-order valence-corrected chi connectivity index (χ1v) is 3.93. The first-order valence-electron chi connectivity index (χ1n) is 3.93. The molecule has 1 rings (SSSR count). The van der Waals surface area contributed by atoms with E-state index in [0.29, 0.717) is 0 Å². The molecule has 0 aromatic rings. The molecule has 5 atom stereocenters. The van der Waals surface area contributed by atoms with Gasteiger partial charge in [-0.15, -0.1) is 0 Å². The van der Waals surface area contributed by atoms with Gasteiger partial charge in [-0.05, 0) is 6.92 Å². The van der Waals surface area contributed by atoms with Crippen molar-refractivity contribution in [2.24, 2.45) is 0 Å². The number of aliphatic hydroxyl groups excluding tert-OH is 5. The van der Waals surface area contributed by atoms with Crippen molar-refractivity contribution in [1.29, 1.82) is 0 Å². The summed E-state index contributed by atoms with van der Waals surface area (Å²) in [6, 6.07) is 0. The number of hydrogen-bond acceptors (Lipinski definition) is 6. The predicted molar refractivity (Wildman–Crippen MR) is 40.6 cm³/mol. The van der Waals surface area contributed by atoms with Gasteiger partial charge in [0.15, 0.2) is 6.29 Å². The fraction of sp³-hybridized carbons (Fsp3) is 1.00. The molecule has 0 aliphatic carbocycles. The van der Waals surface area contributed by atoms with Crippen LogP contribution in [0, 0.1) is 0 Å². The van der Waals surface area contributed by atoms with E-state index in [0.717, 1.165) is 0 Å². The summed E-state index contributed by atoms with van der Waals surface area (Å²) in [5, 5.41) is 45.6. The molecule has 0 amide bonds. The predicted octanol–water partition coefficient (Wildman–Crippen LogP) is -2.83. The summed E-state index contributed by atoms with van der Waals surface area (Å²) in [5.74, 6) is 0. The van der Waals surface area contributed by atoms with Gasteiger partial charge in [0.05, 0.1) is 6.61 Å². The van der Waals surface area contributed by atoms with Crippen molar-refractivity contribution in [2.75, 3.05) is 6.61 Å². The number of aliphatic hydroxyl groups is 5. The van der Waals surface area contributed by atoms with Crippen LogP contribution in [0.3, 0.4) is 0 Å². The molecule has 6 nitrogen and oxygen atoms in total. The van der Waals surface area contributed by atoms with Gasteiger partial charge in [0.2, 0.25) is 0 Å². The smallest absolute Gasteiger partial charge is 0.184 e. The Balaban J connectivity index is 2.82. The second kappa shape index (κ2) is 3.49. The zero-order valence-electron chi connectivity index (χ0n) is 7.16. The number of ether oxygens (including phenoxy) is 1. The fourth-order valence-corrected chi connectivity index (χ4v) is 1.26. The Morgan fingerprint density at radius 3 is 2.15 bits per heavy atom. The van der Waals surface area contributed by atoms with Crippen molar-refractivity contribution in [3.8, 4) is 0 Å². The van der Waals surface area contributed by atoms with Crippen molar-refractivity contribution in [2.45, 2.75) is 37.1 Å². The molecule has 0 aromatic carbocycles. The van der Waals surface area contributed by atoms with Crippen LogP contribution in [-0.2, 0) is 4.74 Å². The van der Waals surface area contributed by atoms with Gasteiger partial charge < -0.3 is 30.3 Å². The monoisotopic (exact) mass is 194 g/mol. The summed E-state index contributed by atoms with van der Waals surface area (Å²) in [5.41, 5.74) is -1.45. The molecule has 6 heteroatoms. The van der Waals surface area contributed by atoms with Crippen molar-refractivity contribution in [3.05, 3.63) is 0 Å². The highest BCUT2D eigenvalue weighted by atomic mass is 16.6. The zero-order valence-corrected chi connectivity index (χ0v) is 7.16. The van der Waals surface area contributed by atoms with E-state index in [2.05, 4.69) is 0 Å². The maximum absolute atomic E-state index is 9.38. The van der Waals surface area contributed by atoms with E-state index < -0.39 is 36.8 Å². The van der Waals surface area contributed by atoms with Crippen molar-refractivity contribution in [3.63, 3.8) is 0 Å². The summed E-state index contributed by atoms with van der Waals surface area (Å²) in [4.78, 5) is 0. The van der Waals surface area contributed by atoms with E-state index in [1.165, 1.54) is 6.92 Å². The average Bonchev–Trinajstić information content (AvgIpc) is 2.12. The molecule has 78 valence electrons. The minimum absolute atomic E-state index is 0.561. The molecule has 1 saturated heterocycles. The van der Waals surface area contributed by atoms with Gasteiger partial charge in [0.1, 0.15) is 23.9 Å². The van der Waals surface area contributed by atoms with Crippen LogP contribution in [0.1, 0.15) is 6.92 Å². The molecule has 0 spiro atoms. The lowest BCUT2D eigenvalue weighted by molar-refractivity contribution is -0.321. The lowest BCUT2D eigenvalue weighted by Gasteiger charge is -2.44. The molecular formula is C7H14O6. The molecule has 0 bridgehead atoms. The minimum Gasteiger partial charge on any atom is -0.393 e. The number of hydrogen-bond donors (Lipinski definition) is 5. The van der Waals surface area contributed by atoms with Gasteiger partial charge >= 0.3 is 0 Å². The Morgan fingerprint density at radius 1 is 1.15 bits per heavy atom. The van der Waals surface area contributed by atoms with Crippen LogP contribution in [0.15, 0.2) is 0 Å². The second-order valence-electron chi connectivity index (χ2n) is 3.41. The second-order valence-corrected chi connectivity index (χ2v) is 3.41. The summed E-state index contributed by atoms with van der Waals surface area (Å²) < 4.78 is 4.76. The van der Waals surface area contributed by atoms with Gasteiger partial charge in [0, 0.05) is 0 Å². The molecule has 1 unspecified atom stereocenters. The SMILES string of the molecule is C[C@]1(CO)OC(O)[C@H](O)[C@@H](O)[C@@H]1O. The maximum atomic E-state index is 9.38. The van der Waals surface area contributed by atoms with Gasteiger partial charge in [-0.2, -0.15) is 0 Å². The first-order chi connectivity index (χ1) is 5.92. The van der Waals surface area contributed by atoms with Gasteiger partial charge in [-0.1, -0.05) is 0 Å².